The zero-order valence-corrected chi connectivity index (χ0v) is 13.9. The van der Waals surface area contributed by atoms with E-state index in [2.05, 4.69) is 12.0 Å². The number of benzene rings is 1. The monoisotopic (exact) mass is 325 g/mol. The summed E-state index contributed by atoms with van der Waals surface area (Å²) in [6.45, 7) is 2.83. The molecule has 0 saturated carbocycles. The number of carbonyl (C=O) groups is 1. The third kappa shape index (κ3) is 3.74. The van der Waals surface area contributed by atoms with Gasteiger partial charge in [0, 0.05) is 37.0 Å². The average Bonchev–Trinajstić information content (AvgIpc) is 3.10. The van der Waals surface area contributed by atoms with Gasteiger partial charge in [0.05, 0.1) is 11.9 Å². The van der Waals surface area contributed by atoms with E-state index in [1.54, 1.807) is 23.0 Å². The van der Waals surface area contributed by atoms with Crippen LogP contribution in [0.2, 0.25) is 0 Å². The fourth-order valence-electron chi connectivity index (χ4n) is 3.05. The van der Waals surface area contributed by atoms with Gasteiger partial charge in [0.15, 0.2) is 0 Å². The van der Waals surface area contributed by atoms with E-state index in [-0.39, 0.29) is 24.5 Å². The van der Waals surface area contributed by atoms with Crippen LogP contribution in [0.1, 0.15) is 25.3 Å². The fraction of sp³-hybridized carbons (Fsp3) is 0.368. The molecule has 5 nitrogen and oxygen atoms in total. The van der Waals surface area contributed by atoms with Crippen molar-refractivity contribution in [1.29, 1.82) is 0 Å². The van der Waals surface area contributed by atoms with E-state index in [9.17, 15) is 9.90 Å². The smallest absolute Gasteiger partial charge is 0.246 e. The van der Waals surface area contributed by atoms with Gasteiger partial charge in [-0.15, -0.1) is 0 Å². The Balaban J connectivity index is 1.67. The SMILES string of the molecule is CC1CCC(CO)CN1C(=O)/C=C/c1cnn(-c2ccccc2)c1. The van der Waals surface area contributed by atoms with Gasteiger partial charge in [0.1, 0.15) is 0 Å². The lowest BCUT2D eigenvalue weighted by molar-refractivity contribution is -0.130. The van der Waals surface area contributed by atoms with Crippen molar-refractivity contribution < 1.29 is 9.90 Å². The van der Waals surface area contributed by atoms with Crippen LogP contribution in [0.5, 0.6) is 0 Å². The highest BCUT2D eigenvalue weighted by atomic mass is 16.3. The molecule has 1 aromatic carbocycles. The van der Waals surface area contributed by atoms with Gasteiger partial charge in [0.2, 0.25) is 5.91 Å². The van der Waals surface area contributed by atoms with E-state index in [4.69, 9.17) is 0 Å². The number of nitrogens with zero attached hydrogens (tertiary/aromatic N) is 3. The molecule has 2 heterocycles. The Hall–Kier alpha value is -2.40. The second kappa shape index (κ2) is 7.45. The number of aliphatic hydroxyl groups is 1. The van der Waals surface area contributed by atoms with Crippen molar-refractivity contribution in [2.75, 3.05) is 13.2 Å². The summed E-state index contributed by atoms with van der Waals surface area (Å²) >= 11 is 0. The molecule has 0 spiro atoms. The molecule has 1 aliphatic heterocycles. The fourth-order valence-corrected chi connectivity index (χ4v) is 3.05. The maximum absolute atomic E-state index is 12.5. The van der Waals surface area contributed by atoms with Crippen molar-refractivity contribution in [3.05, 3.63) is 54.4 Å². The van der Waals surface area contributed by atoms with Crippen LogP contribution in [0.15, 0.2) is 48.8 Å². The molecular formula is C19H23N3O2. The van der Waals surface area contributed by atoms with Crippen LogP contribution in [0, 0.1) is 5.92 Å². The van der Waals surface area contributed by atoms with Gasteiger partial charge < -0.3 is 10.0 Å². The Morgan fingerprint density at radius 3 is 2.88 bits per heavy atom. The normalized spacial score (nSPS) is 21.3. The number of piperidine rings is 1. The third-order valence-corrected chi connectivity index (χ3v) is 4.56. The minimum atomic E-state index is -0.00638. The molecule has 1 amide bonds. The first-order chi connectivity index (χ1) is 11.7. The van der Waals surface area contributed by atoms with Crippen LogP contribution >= 0.6 is 0 Å². The van der Waals surface area contributed by atoms with E-state index >= 15 is 0 Å². The van der Waals surface area contributed by atoms with Crippen LogP contribution in [0.3, 0.4) is 0 Å². The number of aromatic nitrogens is 2. The summed E-state index contributed by atoms with van der Waals surface area (Å²) in [5.41, 5.74) is 1.87. The minimum absolute atomic E-state index is 0.00638. The molecule has 2 atom stereocenters. The number of hydrogen-bond donors (Lipinski definition) is 1. The standard InChI is InChI=1S/C19H23N3O2/c1-15-7-8-17(14-23)12-21(15)19(24)10-9-16-11-20-22(13-16)18-5-3-2-4-6-18/h2-6,9-11,13,15,17,23H,7-8,12,14H2,1H3/b10-9+. The summed E-state index contributed by atoms with van der Waals surface area (Å²) in [5.74, 6) is 0.187. The Labute approximate surface area is 142 Å². The first kappa shape index (κ1) is 16.5. The Morgan fingerprint density at radius 2 is 2.12 bits per heavy atom. The molecule has 0 bridgehead atoms. The molecule has 126 valence electrons. The molecule has 0 aliphatic carbocycles. The third-order valence-electron chi connectivity index (χ3n) is 4.56. The van der Waals surface area contributed by atoms with Crippen molar-refractivity contribution in [2.45, 2.75) is 25.8 Å². The topological polar surface area (TPSA) is 58.4 Å². The number of aliphatic hydroxyl groups excluding tert-OH is 1. The molecule has 1 aliphatic rings. The Morgan fingerprint density at radius 1 is 1.33 bits per heavy atom. The summed E-state index contributed by atoms with van der Waals surface area (Å²) < 4.78 is 1.79. The van der Waals surface area contributed by atoms with Crippen molar-refractivity contribution >= 4 is 12.0 Å². The van der Waals surface area contributed by atoms with Gasteiger partial charge in [-0.1, -0.05) is 18.2 Å². The van der Waals surface area contributed by atoms with E-state index in [0.29, 0.717) is 6.54 Å². The van der Waals surface area contributed by atoms with Crippen molar-refractivity contribution in [1.82, 2.24) is 14.7 Å². The van der Waals surface area contributed by atoms with Crippen molar-refractivity contribution in [3.8, 4) is 5.69 Å². The summed E-state index contributed by atoms with van der Waals surface area (Å²) in [6.07, 6.45) is 8.96. The van der Waals surface area contributed by atoms with E-state index in [0.717, 1.165) is 24.1 Å². The van der Waals surface area contributed by atoms with Crippen LogP contribution < -0.4 is 0 Å². The number of likely N-dealkylation sites (tertiary alicyclic amines) is 1. The van der Waals surface area contributed by atoms with Gasteiger partial charge >= 0.3 is 0 Å². The quantitative estimate of drug-likeness (QED) is 0.879. The largest absolute Gasteiger partial charge is 0.396 e. The van der Waals surface area contributed by atoms with Crippen LogP contribution in [0.25, 0.3) is 11.8 Å². The predicted octanol–water partition coefficient (Wildman–Crippen LogP) is 2.50. The summed E-state index contributed by atoms with van der Waals surface area (Å²) in [7, 11) is 0. The summed E-state index contributed by atoms with van der Waals surface area (Å²) in [5, 5.41) is 13.7. The lowest BCUT2D eigenvalue weighted by Crippen LogP contribution is -2.45. The Bertz CT molecular complexity index is 708. The molecule has 1 fully saturated rings. The molecule has 2 aromatic rings. The Kier molecular flexibility index (Phi) is 5.11. The highest BCUT2D eigenvalue weighted by Gasteiger charge is 2.27. The molecule has 5 heteroatoms. The molecule has 1 N–H and O–H groups in total. The van der Waals surface area contributed by atoms with E-state index in [1.165, 1.54) is 0 Å². The van der Waals surface area contributed by atoms with Gasteiger partial charge in [0.25, 0.3) is 0 Å². The maximum atomic E-state index is 12.5. The second-order valence-corrected chi connectivity index (χ2v) is 6.35. The second-order valence-electron chi connectivity index (χ2n) is 6.35. The summed E-state index contributed by atoms with van der Waals surface area (Å²) in [4.78, 5) is 14.3. The lowest BCUT2D eigenvalue weighted by atomic mass is 9.94. The number of para-hydroxylation sites is 1. The van der Waals surface area contributed by atoms with Crippen molar-refractivity contribution in [3.63, 3.8) is 0 Å². The minimum Gasteiger partial charge on any atom is -0.396 e. The maximum Gasteiger partial charge on any atom is 0.246 e. The molecule has 24 heavy (non-hydrogen) atoms. The van der Waals surface area contributed by atoms with Gasteiger partial charge in [-0.3, -0.25) is 4.79 Å². The van der Waals surface area contributed by atoms with E-state index < -0.39 is 0 Å². The predicted molar refractivity (Wildman–Crippen MR) is 93.6 cm³/mol. The number of carbonyl (C=O) groups excluding carboxylic acids is 1. The molecule has 1 aromatic heterocycles. The first-order valence-electron chi connectivity index (χ1n) is 8.37. The average molecular weight is 325 g/mol. The molecule has 3 rings (SSSR count). The lowest BCUT2D eigenvalue weighted by Gasteiger charge is -2.36. The van der Waals surface area contributed by atoms with Gasteiger partial charge in [-0.25, -0.2) is 4.68 Å². The molecule has 1 saturated heterocycles. The van der Waals surface area contributed by atoms with Gasteiger partial charge in [-0.05, 0) is 43.9 Å². The van der Waals surface area contributed by atoms with E-state index in [1.807, 2.05) is 41.4 Å². The molecular weight excluding hydrogens is 302 g/mol. The number of rotatable bonds is 4. The highest BCUT2D eigenvalue weighted by Crippen LogP contribution is 2.22. The zero-order chi connectivity index (χ0) is 16.9. The van der Waals surface area contributed by atoms with Crippen LogP contribution in [-0.2, 0) is 4.79 Å². The highest BCUT2D eigenvalue weighted by molar-refractivity contribution is 5.92. The van der Waals surface area contributed by atoms with Gasteiger partial charge in [-0.2, -0.15) is 5.10 Å². The summed E-state index contributed by atoms with van der Waals surface area (Å²) in [6, 6.07) is 10.1. The number of amides is 1. The first-order valence-corrected chi connectivity index (χ1v) is 8.37. The molecule has 0 radical (unpaired) electrons. The van der Waals surface area contributed by atoms with Crippen molar-refractivity contribution in [2.24, 2.45) is 5.92 Å². The number of hydrogen-bond acceptors (Lipinski definition) is 3. The van der Waals surface area contributed by atoms with Crippen LogP contribution in [0.4, 0.5) is 0 Å². The molecule has 2 unspecified atom stereocenters. The van der Waals surface area contributed by atoms with Crippen LogP contribution in [-0.4, -0.2) is 44.9 Å². The zero-order valence-electron chi connectivity index (χ0n) is 13.9.